The molecule has 0 aliphatic rings. The molecule has 0 atom stereocenters. The van der Waals surface area contributed by atoms with Gasteiger partial charge in [-0.15, -0.1) is 0 Å². The van der Waals surface area contributed by atoms with Gasteiger partial charge in [0.1, 0.15) is 12.2 Å². The van der Waals surface area contributed by atoms with E-state index < -0.39 is 24.3 Å². The number of aryl methyl sites for hydroxylation is 3. The van der Waals surface area contributed by atoms with Gasteiger partial charge in [-0.25, -0.2) is 0 Å². The molecule has 25 heavy (non-hydrogen) atoms. The quantitative estimate of drug-likeness (QED) is 0.827. The van der Waals surface area contributed by atoms with Gasteiger partial charge < -0.3 is 4.90 Å². The molecule has 0 aromatic carbocycles. The summed E-state index contributed by atoms with van der Waals surface area (Å²) in [5.74, 6) is -0.448. The van der Waals surface area contributed by atoms with E-state index in [9.17, 15) is 18.0 Å². The molecule has 0 aliphatic carbocycles. The molecule has 0 bridgehead atoms. The molecule has 0 aliphatic heterocycles. The molecular weight excluding hydrogens is 335 g/mol. The van der Waals surface area contributed by atoms with Crippen molar-refractivity contribution >= 4 is 5.91 Å². The van der Waals surface area contributed by atoms with Crippen molar-refractivity contribution in [3.63, 3.8) is 0 Å². The Labute approximate surface area is 144 Å². The minimum absolute atomic E-state index is 0.221. The summed E-state index contributed by atoms with van der Waals surface area (Å²) in [5.41, 5.74) is 1.97. The van der Waals surface area contributed by atoms with Crippen LogP contribution >= 0.6 is 0 Å². The van der Waals surface area contributed by atoms with Crippen molar-refractivity contribution in [3.8, 4) is 0 Å². The molecule has 6 nitrogen and oxygen atoms in total. The normalized spacial score (nSPS) is 11.8. The first-order chi connectivity index (χ1) is 11.5. The molecule has 2 heterocycles. The van der Waals surface area contributed by atoms with Gasteiger partial charge in [0, 0.05) is 31.4 Å². The second-order valence-corrected chi connectivity index (χ2v) is 6.04. The first-order valence-corrected chi connectivity index (χ1v) is 7.93. The maximum Gasteiger partial charge on any atom is 0.433 e. The summed E-state index contributed by atoms with van der Waals surface area (Å²) in [4.78, 5) is 13.8. The SMILES string of the molecule is CCn1nc(C)c(CN(C)C(=O)Cn2nc(C)cc2C(F)(F)F)c1C. The Kier molecular flexibility index (Phi) is 5.24. The third-order valence-corrected chi connectivity index (χ3v) is 4.13. The van der Waals surface area contributed by atoms with Gasteiger partial charge in [0.2, 0.25) is 5.91 Å². The van der Waals surface area contributed by atoms with Crippen molar-refractivity contribution < 1.29 is 18.0 Å². The fourth-order valence-electron chi connectivity index (χ4n) is 2.74. The summed E-state index contributed by atoms with van der Waals surface area (Å²) < 4.78 is 41.6. The predicted octanol–water partition coefficient (Wildman–Crippen LogP) is 2.70. The Morgan fingerprint density at radius 2 is 1.84 bits per heavy atom. The lowest BCUT2D eigenvalue weighted by Gasteiger charge is -2.19. The lowest BCUT2D eigenvalue weighted by atomic mass is 10.2. The fraction of sp³-hybridized carbons (Fsp3) is 0.562. The standard InChI is InChI=1S/C16H22F3N5O/c1-6-23-12(4)13(11(3)21-23)8-22(5)15(25)9-24-14(16(17,18)19)7-10(2)20-24/h7H,6,8-9H2,1-5H3. The zero-order valence-corrected chi connectivity index (χ0v) is 15.0. The summed E-state index contributed by atoms with van der Waals surface area (Å²) in [5, 5.41) is 8.18. The molecule has 2 aromatic rings. The maximum absolute atomic E-state index is 13.0. The van der Waals surface area contributed by atoms with Crippen LogP contribution in [-0.2, 0) is 30.6 Å². The lowest BCUT2D eigenvalue weighted by Crippen LogP contribution is -2.31. The van der Waals surface area contributed by atoms with Gasteiger partial charge in [0.15, 0.2) is 0 Å². The van der Waals surface area contributed by atoms with E-state index in [0.717, 1.165) is 23.0 Å². The summed E-state index contributed by atoms with van der Waals surface area (Å²) in [6.07, 6.45) is -4.55. The van der Waals surface area contributed by atoms with E-state index in [-0.39, 0.29) is 12.2 Å². The number of nitrogens with zero attached hydrogens (tertiary/aromatic N) is 5. The Balaban J connectivity index is 2.16. The van der Waals surface area contributed by atoms with Gasteiger partial charge >= 0.3 is 6.18 Å². The Morgan fingerprint density at radius 3 is 2.36 bits per heavy atom. The van der Waals surface area contributed by atoms with Crippen LogP contribution in [-0.4, -0.2) is 37.4 Å². The summed E-state index contributed by atoms with van der Waals surface area (Å²) in [6, 6.07) is 0.937. The van der Waals surface area contributed by atoms with Crippen LogP contribution in [0, 0.1) is 20.8 Å². The molecule has 2 aromatic heterocycles. The number of aromatic nitrogens is 4. The third kappa shape index (κ3) is 4.02. The van der Waals surface area contributed by atoms with Crippen molar-refractivity contribution in [3.05, 3.63) is 34.4 Å². The monoisotopic (exact) mass is 357 g/mol. The zero-order chi connectivity index (χ0) is 18.9. The summed E-state index contributed by atoms with van der Waals surface area (Å²) >= 11 is 0. The number of carbonyl (C=O) groups excluding carboxylic acids is 1. The van der Waals surface area contributed by atoms with E-state index in [1.807, 2.05) is 25.5 Å². The van der Waals surface area contributed by atoms with Gasteiger partial charge in [-0.1, -0.05) is 0 Å². The molecule has 0 N–H and O–H groups in total. The van der Waals surface area contributed by atoms with Gasteiger partial charge in [0.05, 0.1) is 11.4 Å². The van der Waals surface area contributed by atoms with Crippen molar-refractivity contribution in [2.45, 2.75) is 53.5 Å². The average molecular weight is 357 g/mol. The van der Waals surface area contributed by atoms with Crippen LogP contribution in [0.25, 0.3) is 0 Å². The molecule has 0 fully saturated rings. The molecular formula is C16H22F3N5O. The van der Waals surface area contributed by atoms with Crippen LogP contribution in [0.2, 0.25) is 0 Å². The lowest BCUT2D eigenvalue weighted by molar-refractivity contribution is -0.145. The number of carbonyl (C=O) groups is 1. The highest BCUT2D eigenvalue weighted by Crippen LogP contribution is 2.29. The molecule has 0 radical (unpaired) electrons. The van der Waals surface area contributed by atoms with Crippen molar-refractivity contribution in [1.82, 2.24) is 24.5 Å². The van der Waals surface area contributed by atoms with Gasteiger partial charge in [-0.2, -0.15) is 23.4 Å². The van der Waals surface area contributed by atoms with Crippen molar-refractivity contribution in [1.29, 1.82) is 0 Å². The van der Waals surface area contributed by atoms with E-state index in [2.05, 4.69) is 10.2 Å². The van der Waals surface area contributed by atoms with Gasteiger partial charge in [0.25, 0.3) is 0 Å². The zero-order valence-electron chi connectivity index (χ0n) is 15.0. The highest BCUT2D eigenvalue weighted by Gasteiger charge is 2.36. The molecule has 1 amide bonds. The highest BCUT2D eigenvalue weighted by molar-refractivity contribution is 5.75. The van der Waals surface area contributed by atoms with Crippen LogP contribution < -0.4 is 0 Å². The van der Waals surface area contributed by atoms with Crippen LogP contribution in [0.15, 0.2) is 6.07 Å². The van der Waals surface area contributed by atoms with Crippen LogP contribution in [0.3, 0.4) is 0 Å². The topological polar surface area (TPSA) is 56.0 Å². The predicted molar refractivity (Wildman–Crippen MR) is 85.8 cm³/mol. The smallest absolute Gasteiger partial charge is 0.340 e. The van der Waals surface area contributed by atoms with Gasteiger partial charge in [-0.3, -0.25) is 14.2 Å². The van der Waals surface area contributed by atoms with Crippen molar-refractivity contribution in [2.24, 2.45) is 0 Å². The van der Waals surface area contributed by atoms with E-state index in [1.165, 1.54) is 11.8 Å². The summed E-state index contributed by atoms with van der Waals surface area (Å²) in [6.45, 7) is 7.74. The molecule has 2 rings (SSSR count). The summed E-state index contributed by atoms with van der Waals surface area (Å²) in [7, 11) is 1.56. The number of hydrogen-bond acceptors (Lipinski definition) is 3. The molecule has 0 spiro atoms. The number of rotatable bonds is 5. The Bertz CT molecular complexity index is 776. The van der Waals surface area contributed by atoms with Crippen LogP contribution in [0.5, 0.6) is 0 Å². The molecule has 0 saturated heterocycles. The van der Waals surface area contributed by atoms with E-state index >= 15 is 0 Å². The maximum atomic E-state index is 13.0. The van der Waals surface area contributed by atoms with E-state index in [1.54, 1.807) is 7.05 Å². The second-order valence-electron chi connectivity index (χ2n) is 6.04. The minimum Gasteiger partial charge on any atom is -0.340 e. The Morgan fingerprint density at radius 1 is 1.20 bits per heavy atom. The Hall–Kier alpha value is -2.32. The minimum atomic E-state index is -4.55. The fourth-order valence-corrected chi connectivity index (χ4v) is 2.74. The third-order valence-electron chi connectivity index (χ3n) is 4.13. The molecule has 138 valence electrons. The number of likely N-dealkylation sites (N-methyl/N-ethyl adjacent to an activating group) is 1. The highest BCUT2D eigenvalue weighted by atomic mass is 19.4. The average Bonchev–Trinajstić information content (AvgIpc) is 3.01. The van der Waals surface area contributed by atoms with Crippen LogP contribution in [0.1, 0.15) is 35.3 Å². The molecule has 0 unspecified atom stereocenters. The number of alkyl halides is 3. The first kappa shape index (κ1) is 19.0. The van der Waals surface area contributed by atoms with Gasteiger partial charge in [-0.05, 0) is 33.8 Å². The molecule has 0 saturated carbocycles. The van der Waals surface area contributed by atoms with Crippen molar-refractivity contribution in [2.75, 3.05) is 7.05 Å². The largest absolute Gasteiger partial charge is 0.433 e. The second kappa shape index (κ2) is 6.89. The first-order valence-electron chi connectivity index (χ1n) is 7.93. The van der Waals surface area contributed by atoms with E-state index in [4.69, 9.17) is 0 Å². The van der Waals surface area contributed by atoms with E-state index in [0.29, 0.717) is 11.2 Å². The number of halogens is 3. The number of hydrogen-bond donors (Lipinski definition) is 0. The number of amides is 1. The van der Waals surface area contributed by atoms with Crippen LogP contribution in [0.4, 0.5) is 13.2 Å². The molecule has 9 heteroatoms.